The van der Waals surface area contributed by atoms with Gasteiger partial charge in [0.2, 0.25) is 0 Å². The lowest BCUT2D eigenvalue weighted by molar-refractivity contribution is 0.0741. The van der Waals surface area contributed by atoms with Gasteiger partial charge in [0.15, 0.2) is 5.65 Å². The Morgan fingerprint density at radius 1 is 1.00 bits per heavy atom. The molecule has 4 heterocycles. The van der Waals surface area contributed by atoms with E-state index in [0.717, 1.165) is 48.0 Å². The monoisotopic (exact) mass is 442 g/mol. The second-order valence-corrected chi connectivity index (χ2v) is 7.98. The van der Waals surface area contributed by atoms with E-state index in [1.54, 1.807) is 13.3 Å². The normalized spacial score (nSPS) is 14.0. The zero-order valence-corrected chi connectivity index (χ0v) is 18.8. The Morgan fingerprint density at radius 2 is 1.79 bits per heavy atom. The number of hydrogen-bond acceptors (Lipinski definition) is 6. The van der Waals surface area contributed by atoms with Gasteiger partial charge >= 0.3 is 0 Å². The predicted molar refractivity (Wildman–Crippen MR) is 127 cm³/mol. The summed E-state index contributed by atoms with van der Waals surface area (Å²) in [5, 5.41) is 4.67. The quantitative estimate of drug-likeness (QED) is 0.472. The van der Waals surface area contributed by atoms with Crippen molar-refractivity contribution in [1.82, 2.24) is 24.5 Å². The highest BCUT2D eigenvalue weighted by molar-refractivity contribution is 5.93. The van der Waals surface area contributed by atoms with Crippen molar-refractivity contribution in [1.29, 1.82) is 0 Å². The number of aryl methyl sites for hydroxylation is 1. The van der Waals surface area contributed by atoms with Gasteiger partial charge in [-0.25, -0.2) is 9.50 Å². The molecule has 1 aromatic carbocycles. The summed E-state index contributed by atoms with van der Waals surface area (Å²) in [5.41, 5.74) is 4.74. The molecule has 5 rings (SSSR count). The molecule has 8 nitrogen and oxygen atoms in total. The molecule has 0 saturated carbocycles. The Morgan fingerprint density at radius 3 is 2.45 bits per heavy atom. The van der Waals surface area contributed by atoms with Crippen molar-refractivity contribution in [2.24, 2.45) is 0 Å². The molecule has 0 atom stereocenters. The van der Waals surface area contributed by atoms with Crippen LogP contribution in [0.25, 0.3) is 17.0 Å². The number of fused-ring (bicyclic) bond motifs is 1. The maximum Gasteiger partial charge on any atom is 0.272 e. The second kappa shape index (κ2) is 8.90. The van der Waals surface area contributed by atoms with Crippen LogP contribution in [0, 0.1) is 0 Å². The van der Waals surface area contributed by atoms with Gasteiger partial charge in [0.25, 0.3) is 5.91 Å². The molecule has 0 aliphatic carbocycles. The van der Waals surface area contributed by atoms with Crippen LogP contribution in [0.1, 0.15) is 23.1 Å². The molecule has 4 aromatic rings. The van der Waals surface area contributed by atoms with E-state index < -0.39 is 0 Å². The number of carbonyl (C=O) groups excluding carboxylic acids is 1. The molecule has 0 bridgehead atoms. The van der Waals surface area contributed by atoms with Crippen LogP contribution in [0.3, 0.4) is 0 Å². The first-order valence-corrected chi connectivity index (χ1v) is 11.2. The lowest BCUT2D eigenvalue weighted by Gasteiger charge is -2.36. The van der Waals surface area contributed by atoms with Crippen LogP contribution in [0.15, 0.2) is 60.8 Å². The van der Waals surface area contributed by atoms with Crippen molar-refractivity contribution in [3.63, 3.8) is 0 Å². The SMILES string of the molecule is CCc1cc(C(=O)N2CCN(c3ccc(OC)cc3)CC2)nc2cc(-c3ccccn3)nn12. The number of nitrogens with zero attached hydrogens (tertiary/aromatic N) is 6. The van der Waals surface area contributed by atoms with Gasteiger partial charge in [-0.15, -0.1) is 0 Å². The molecule has 3 aromatic heterocycles. The van der Waals surface area contributed by atoms with E-state index in [1.165, 1.54) is 0 Å². The number of rotatable bonds is 5. The summed E-state index contributed by atoms with van der Waals surface area (Å²) in [5.74, 6) is 0.800. The standard InChI is InChI=1S/C25H26N6O2/c1-3-18-16-23(27-24-17-22(28-31(18)24)21-6-4-5-11-26-21)25(32)30-14-12-29(13-15-30)19-7-9-20(33-2)10-8-19/h4-11,16-17H,3,12-15H2,1-2H3. The minimum atomic E-state index is -0.0397. The Kier molecular flexibility index (Phi) is 5.64. The Bertz CT molecular complexity index is 1260. The summed E-state index contributed by atoms with van der Waals surface area (Å²) in [7, 11) is 1.66. The number of ether oxygens (including phenoxy) is 1. The summed E-state index contributed by atoms with van der Waals surface area (Å²) in [4.78, 5) is 26.5. The third-order valence-electron chi connectivity index (χ3n) is 6.01. The molecule has 0 spiro atoms. The molecule has 1 amide bonds. The average Bonchev–Trinajstić information content (AvgIpc) is 3.33. The van der Waals surface area contributed by atoms with E-state index in [9.17, 15) is 4.79 Å². The Hall–Kier alpha value is -3.94. The fourth-order valence-electron chi connectivity index (χ4n) is 4.16. The first kappa shape index (κ1) is 20.9. The summed E-state index contributed by atoms with van der Waals surface area (Å²) in [6, 6.07) is 17.5. The van der Waals surface area contributed by atoms with Crippen molar-refractivity contribution < 1.29 is 9.53 Å². The summed E-state index contributed by atoms with van der Waals surface area (Å²) >= 11 is 0. The van der Waals surface area contributed by atoms with Crippen LogP contribution in [-0.4, -0.2) is 63.7 Å². The van der Waals surface area contributed by atoms with Gasteiger partial charge in [-0.3, -0.25) is 9.78 Å². The van der Waals surface area contributed by atoms with Crippen molar-refractivity contribution in [3.8, 4) is 17.1 Å². The lowest BCUT2D eigenvalue weighted by Crippen LogP contribution is -2.49. The molecule has 1 aliphatic heterocycles. The van der Waals surface area contributed by atoms with E-state index >= 15 is 0 Å². The number of amides is 1. The molecule has 1 fully saturated rings. The van der Waals surface area contributed by atoms with Crippen LogP contribution >= 0.6 is 0 Å². The highest BCUT2D eigenvalue weighted by atomic mass is 16.5. The van der Waals surface area contributed by atoms with E-state index in [4.69, 9.17) is 4.74 Å². The second-order valence-electron chi connectivity index (χ2n) is 7.98. The Balaban J connectivity index is 1.35. The molecule has 0 N–H and O–H groups in total. The van der Waals surface area contributed by atoms with Crippen molar-refractivity contribution in [3.05, 3.63) is 72.2 Å². The van der Waals surface area contributed by atoms with Crippen LogP contribution in [-0.2, 0) is 6.42 Å². The first-order chi connectivity index (χ1) is 16.2. The Labute approximate surface area is 192 Å². The van der Waals surface area contributed by atoms with Crippen LogP contribution < -0.4 is 9.64 Å². The summed E-state index contributed by atoms with van der Waals surface area (Å²) in [6.07, 6.45) is 2.49. The van der Waals surface area contributed by atoms with Gasteiger partial charge in [0, 0.05) is 49.8 Å². The van der Waals surface area contributed by atoms with E-state index in [1.807, 2.05) is 51.9 Å². The molecule has 0 radical (unpaired) electrons. The van der Waals surface area contributed by atoms with Gasteiger partial charge in [0.1, 0.15) is 17.1 Å². The fraction of sp³-hybridized carbons (Fsp3) is 0.280. The summed E-state index contributed by atoms with van der Waals surface area (Å²) < 4.78 is 7.05. The highest BCUT2D eigenvalue weighted by Crippen LogP contribution is 2.22. The number of methoxy groups -OCH3 is 1. The molecule has 1 saturated heterocycles. The van der Waals surface area contributed by atoms with Crippen LogP contribution in [0.4, 0.5) is 5.69 Å². The zero-order chi connectivity index (χ0) is 22.8. The molecule has 8 heteroatoms. The van der Waals surface area contributed by atoms with Gasteiger partial charge in [0.05, 0.1) is 12.8 Å². The van der Waals surface area contributed by atoms with Crippen LogP contribution in [0.2, 0.25) is 0 Å². The third-order valence-corrected chi connectivity index (χ3v) is 6.01. The van der Waals surface area contributed by atoms with E-state index in [-0.39, 0.29) is 5.91 Å². The minimum absolute atomic E-state index is 0.0397. The molecule has 0 unspecified atom stereocenters. The average molecular weight is 443 g/mol. The van der Waals surface area contributed by atoms with E-state index in [0.29, 0.717) is 24.4 Å². The van der Waals surface area contributed by atoms with Gasteiger partial charge in [-0.05, 0) is 48.9 Å². The minimum Gasteiger partial charge on any atom is -0.497 e. The number of piperazine rings is 1. The largest absolute Gasteiger partial charge is 0.497 e. The zero-order valence-electron chi connectivity index (χ0n) is 18.8. The highest BCUT2D eigenvalue weighted by Gasteiger charge is 2.24. The molecule has 1 aliphatic rings. The molecule has 33 heavy (non-hydrogen) atoms. The van der Waals surface area contributed by atoms with Crippen LogP contribution in [0.5, 0.6) is 5.75 Å². The van der Waals surface area contributed by atoms with Gasteiger partial charge in [-0.1, -0.05) is 13.0 Å². The number of benzene rings is 1. The number of pyridine rings is 1. The maximum absolute atomic E-state index is 13.3. The topological polar surface area (TPSA) is 75.9 Å². The smallest absolute Gasteiger partial charge is 0.272 e. The number of hydrogen-bond donors (Lipinski definition) is 0. The van der Waals surface area contributed by atoms with Crippen molar-refractivity contribution in [2.45, 2.75) is 13.3 Å². The number of anilines is 1. The maximum atomic E-state index is 13.3. The number of carbonyl (C=O) groups is 1. The summed E-state index contributed by atoms with van der Waals surface area (Å²) in [6.45, 7) is 4.91. The molecular weight excluding hydrogens is 416 g/mol. The molecule has 168 valence electrons. The van der Waals surface area contributed by atoms with Gasteiger partial charge in [-0.2, -0.15) is 5.10 Å². The lowest BCUT2D eigenvalue weighted by atomic mass is 10.2. The third kappa shape index (κ3) is 4.11. The fourth-order valence-corrected chi connectivity index (χ4v) is 4.16. The van der Waals surface area contributed by atoms with E-state index in [2.05, 4.69) is 39.0 Å². The van der Waals surface area contributed by atoms with Gasteiger partial charge < -0.3 is 14.5 Å². The number of aromatic nitrogens is 4. The molecular formula is C25H26N6O2. The predicted octanol–water partition coefficient (Wildman–Crippen LogP) is 3.32. The van der Waals surface area contributed by atoms with Crippen molar-refractivity contribution in [2.75, 3.05) is 38.2 Å². The van der Waals surface area contributed by atoms with Crippen molar-refractivity contribution >= 4 is 17.2 Å². The first-order valence-electron chi connectivity index (χ1n) is 11.2.